The third kappa shape index (κ3) is 4.50. The standard InChI is InChI=1S/C27H39N3O2S/c1-17(31)27(6,28)24(32)30-13-7-8-19(15-30)23-29-22(16-33-23)18-9-10-20-21(14-18)26(4,5)12-11-25(20,2)3/h9-10,14,16-17,19,31H,7-8,11-13,15,28H2,1-6H3/t17-,19?,27+/m1/s1. The molecule has 6 heteroatoms. The lowest BCUT2D eigenvalue weighted by Crippen LogP contribution is -2.60. The third-order valence-electron chi connectivity index (χ3n) is 8.06. The highest BCUT2D eigenvalue weighted by molar-refractivity contribution is 7.10. The van der Waals surface area contributed by atoms with Crippen molar-refractivity contribution in [2.75, 3.05) is 13.1 Å². The molecule has 0 bridgehead atoms. The van der Waals surface area contributed by atoms with E-state index in [2.05, 4.69) is 51.3 Å². The molecular weight excluding hydrogens is 430 g/mol. The van der Waals surface area contributed by atoms with Crippen LogP contribution in [-0.2, 0) is 15.6 Å². The molecule has 3 atom stereocenters. The Morgan fingerprint density at radius 1 is 1.24 bits per heavy atom. The van der Waals surface area contributed by atoms with Gasteiger partial charge in [-0.1, -0.05) is 39.8 Å². The summed E-state index contributed by atoms with van der Waals surface area (Å²) in [6.07, 6.45) is 3.44. The van der Waals surface area contributed by atoms with Gasteiger partial charge in [0.05, 0.1) is 16.8 Å². The summed E-state index contributed by atoms with van der Waals surface area (Å²) in [5.41, 5.74) is 10.4. The summed E-state index contributed by atoms with van der Waals surface area (Å²) in [6, 6.07) is 6.89. The van der Waals surface area contributed by atoms with Crippen molar-refractivity contribution in [3.8, 4) is 11.3 Å². The molecule has 1 saturated heterocycles. The summed E-state index contributed by atoms with van der Waals surface area (Å²) < 4.78 is 0. The number of thiazole rings is 1. The van der Waals surface area contributed by atoms with Crippen LogP contribution in [0.3, 0.4) is 0 Å². The molecule has 0 radical (unpaired) electrons. The molecule has 3 N–H and O–H groups in total. The van der Waals surface area contributed by atoms with Crippen LogP contribution in [0.5, 0.6) is 0 Å². The lowest BCUT2D eigenvalue weighted by Gasteiger charge is -2.42. The second-order valence-corrected chi connectivity index (χ2v) is 12.5. The Bertz CT molecular complexity index is 1040. The minimum atomic E-state index is -1.26. The molecule has 1 aromatic carbocycles. The first kappa shape index (κ1) is 24.4. The predicted octanol–water partition coefficient (Wildman–Crippen LogP) is 4.96. The fourth-order valence-electron chi connectivity index (χ4n) is 5.24. The zero-order valence-corrected chi connectivity index (χ0v) is 21.8. The smallest absolute Gasteiger partial charge is 0.245 e. The molecule has 0 spiro atoms. The maximum atomic E-state index is 12.9. The molecule has 180 valence electrons. The fourth-order valence-corrected chi connectivity index (χ4v) is 6.20. The van der Waals surface area contributed by atoms with Crippen LogP contribution in [-0.4, -0.2) is 45.6 Å². The van der Waals surface area contributed by atoms with Crippen molar-refractivity contribution < 1.29 is 9.90 Å². The SMILES string of the molecule is C[C@@H](O)[C@](C)(N)C(=O)N1CCCC(c2nc(-c3ccc4c(c3)C(C)(C)CCC4(C)C)cs2)C1. The predicted molar refractivity (Wildman–Crippen MR) is 136 cm³/mol. The van der Waals surface area contributed by atoms with Gasteiger partial charge in [0.25, 0.3) is 0 Å². The second-order valence-electron chi connectivity index (χ2n) is 11.6. The highest BCUT2D eigenvalue weighted by atomic mass is 32.1. The summed E-state index contributed by atoms with van der Waals surface area (Å²) in [7, 11) is 0. The van der Waals surface area contributed by atoms with Gasteiger partial charge in [0, 0.05) is 30.0 Å². The molecule has 0 saturated carbocycles. The lowest BCUT2D eigenvalue weighted by atomic mass is 9.63. The molecule has 4 rings (SSSR count). The van der Waals surface area contributed by atoms with Crippen molar-refractivity contribution >= 4 is 17.2 Å². The van der Waals surface area contributed by atoms with E-state index in [1.165, 1.54) is 29.5 Å². The normalized spacial score (nSPS) is 24.6. The lowest BCUT2D eigenvalue weighted by molar-refractivity contribution is -0.141. The summed E-state index contributed by atoms with van der Waals surface area (Å²) >= 11 is 1.69. The number of aliphatic hydroxyl groups excluding tert-OH is 1. The van der Waals surface area contributed by atoms with Crippen LogP contribution >= 0.6 is 11.3 Å². The molecule has 33 heavy (non-hydrogen) atoms. The van der Waals surface area contributed by atoms with E-state index in [0.717, 1.165) is 23.5 Å². The maximum Gasteiger partial charge on any atom is 0.245 e. The second kappa shape index (κ2) is 8.47. The Morgan fingerprint density at radius 3 is 2.58 bits per heavy atom. The first-order valence-corrected chi connectivity index (χ1v) is 13.1. The molecule has 1 aromatic heterocycles. The highest BCUT2D eigenvalue weighted by Crippen LogP contribution is 2.47. The minimum Gasteiger partial charge on any atom is -0.391 e. The summed E-state index contributed by atoms with van der Waals surface area (Å²) in [4.78, 5) is 19.8. The first-order chi connectivity index (χ1) is 15.3. The van der Waals surface area contributed by atoms with Gasteiger partial charge in [0.15, 0.2) is 0 Å². The number of benzene rings is 1. The van der Waals surface area contributed by atoms with Gasteiger partial charge < -0.3 is 15.7 Å². The number of nitrogens with two attached hydrogens (primary N) is 1. The van der Waals surface area contributed by atoms with E-state index >= 15 is 0 Å². The molecule has 5 nitrogen and oxygen atoms in total. The monoisotopic (exact) mass is 469 g/mol. The van der Waals surface area contributed by atoms with E-state index in [0.29, 0.717) is 13.1 Å². The van der Waals surface area contributed by atoms with Crippen molar-refractivity contribution in [2.45, 2.75) is 95.6 Å². The molecule has 1 aliphatic heterocycles. The number of hydrogen-bond donors (Lipinski definition) is 2. The Hall–Kier alpha value is -1.76. The van der Waals surface area contributed by atoms with Gasteiger partial charge >= 0.3 is 0 Å². The van der Waals surface area contributed by atoms with Crippen LogP contribution in [0.25, 0.3) is 11.3 Å². The molecule has 1 aliphatic carbocycles. The number of likely N-dealkylation sites (tertiary alicyclic amines) is 1. The van der Waals surface area contributed by atoms with E-state index in [1.807, 2.05) is 4.90 Å². The van der Waals surface area contributed by atoms with Crippen molar-refractivity contribution in [1.29, 1.82) is 0 Å². The summed E-state index contributed by atoms with van der Waals surface area (Å²) in [6.45, 7) is 13.9. The van der Waals surface area contributed by atoms with E-state index in [1.54, 1.807) is 25.2 Å². The van der Waals surface area contributed by atoms with Crippen molar-refractivity contribution in [2.24, 2.45) is 5.73 Å². The van der Waals surface area contributed by atoms with Crippen LogP contribution in [0.15, 0.2) is 23.6 Å². The quantitative estimate of drug-likeness (QED) is 0.663. The Kier molecular flexibility index (Phi) is 6.26. The molecule has 2 aromatic rings. The van der Waals surface area contributed by atoms with Gasteiger partial charge in [0.1, 0.15) is 5.54 Å². The van der Waals surface area contributed by atoms with Crippen LogP contribution in [0, 0.1) is 0 Å². The number of fused-ring (bicyclic) bond motifs is 1. The van der Waals surface area contributed by atoms with Crippen molar-refractivity contribution in [1.82, 2.24) is 9.88 Å². The molecule has 1 fully saturated rings. The topological polar surface area (TPSA) is 79.5 Å². The zero-order valence-electron chi connectivity index (χ0n) is 20.9. The zero-order chi connectivity index (χ0) is 24.2. The summed E-state index contributed by atoms with van der Waals surface area (Å²) in [5.74, 6) is 0.0257. The van der Waals surface area contributed by atoms with Crippen molar-refractivity contribution in [3.63, 3.8) is 0 Å². The van der Waals surface area contributed by atoms with Gasteiger partial charge in [-0.25, -0.2) is 4.98 Å². The van der Waals surface area contributed by atoms with Gasteiger partial charge in [-0.2, -0.15) is 0 Å². The van der Waals surface area contributed by atoms with Crippen molar-refractivity contribution in [3.05, 3.63) is 39.7 Å². The van der Waals surface area contributed by atoms with Crippen LogP contribution in [0.2, 0.25) is 0 Å². The number of carbonyl (C=O) groups is 1. The van der Waals surface area contributed by atoms with E-state index in [-0.39, 0.29) is 22.7 Å². The Morgan fingerprint density at radius 2 is 1.91 bits per heavy atom. The van der Waals surface area contributed by atoms with E-state index in [9.17, 15) is 9.90 Å². The van der Waals surface area contributed by atoms with E-state index < -0.39 is 11.6 Å². The number of carbonyl (C=O) groups excluding carboxylic acids is 1. The molecule has 2 heterocycles. The third-order valence-corrected chi connectivity index (χ3v) is 9.06. The molecule has 1 amide bonds. The Balaban J connectivity index is 1.57. The van der Waals surface area contributed by atoms with Gasteiger partial charge in [0.2, 0.25) is 5.91 Å². The average Bonchev–Trinajstić information content (AvgIpc) is 3.26. The van der Waals surface area contributed by atoms with Crippen LogP contribution in [0.1, 0.15) is 89.3 Å². The number of piperidine rings is 1. The maximum absolute atomic E-state index is 12.9. The highest BCUT2D eigenvalue weighted by Gasteiger charge is 2.40. The number of rotatable bonds is 4. The van der Waals surface area contributed by atoms with Crippen LogP contribution < -0.4 is 5.73 Å². The first-order valence-electron chi connectivity index (χ1n) is 12.2. The molecule has 1 unspecified atom stereocenters. The number of hydrogen-bond acceptors (Lipinski definition) is 5. The fraction of sp³-hybridized carbons (Fsp3) is 0.630. The number of amides is 1. The Labute approximate surface area is 202 Å². The molecule has 2 aliphatic rings. The average molecular weight is 470 g/mol. The molecular formula is C27H39N3O2S. The van der Waals surface area contributed by atoms with Crippen LogP contribution in [0.4, 0.5) is 0 Å². The van der Waals surface area contributed by atoms with Gasteiger partial charge in [-0.3, -0.25) is 4.79 Å². The largest absolute Gasteiger partial charge is 0.391 e. The summed E-state index contributed by atoms with van der Waals surface area (Å²) in [5, 5.41) is 13.2. The van der Waals surface area contributed by atoms with Gasteiger partial charge in [-0.15, -0.1) is 11.3 Å². The number of nitrogens with zero attached hydrogens (tertiary/aromatic N) is 2. The number of aromatic nitrogens is 1. The van der Waals surface area contributed by atoms with Gasteiger partial charge in [-0.05, 0) is 67.6 Å². The number of aliphatic hydroxyl groups is 1. The minimum absolute atomic E-state index is 0.169. The van der Waals surface area contributed by atoms with E-state index in [4.69, 9.17) is 10.7 Å².